The zero-order valence-corrected chi connectivity index (χ0v) is 14.2. The van der Waals surface area contributed by atoms with Crippen molar-refractivity contribution in [3.63, 3.8) is 0 Å². The van der Waals surface area contributed by atoms with E-state index in [1.807, 2.05) is 0 Å². The lowest BCUT2D eigenvalue weighted by atomic mass is 9.64. The minimum absolute atomic E-state index is 0.0819. The maximum atomic E-state index is 10.1. The minimum atomic E-state index is -0.355. The van der Waals surface area contributed by atoms with E-state index in [2.05, 4.69) is 26.0 Å². The molecular weight excluding hydrogens is 272 g/mol. The fourth-order valence-corrected chi connectivity index (χ4v) is 5.19. The van der Waals surface area contributed by atoms with Gasteiger partial charge < -0.3 is 10.2 Å². The molecule has 0 spiro atoms. The maximum Gasteiger partial charge on any atom is 0.0627 e. The summed E-state index contributed by atoms with van der Waals surface area (Å²) in [7, 11) is 0. The standard InChI is InChI=1S/C20H32O2/c1-14-5-10-18-16(4-3-11-20(14,18)2)8-6-15-7-9-17(13-21)19(22)12-15/h6,8,14,17-19,21-22H,3-5,7,9-13H2,1-2H3/b15-6-,16-8+/t14?,17?,18?,19-,20?/m1/s1. The van der Waals surface area contributed by atoms with Crippen molar-refractivity contribution in [1.29, 1.82) is 0 Å². The van der Waals surface area contributed by atoms with E-state index in [9.17, 15) is 10.2 Å². The summed E-state index contributed by atoms with van der Waals surface area (Å²) in [4.78, 5) is 0. The van der Waals surface area contributed by atoms with Crippen LogP contribution in [-0.4, -0.2) is 22.9 Å². The lowest BCUT2D eigenvalue weighted by Crippen LogP contribution is -2.32. The van der Waals surface area contributed by atoms with Gasteiger partial charge in [0, 0.05) is 12.5 Å². The van der Waals surface area contributed by atoms with Gasteiger partial charge in [0.2, 0.25) is 0 Å². The summed E-state index contributed by atoms with van der Waals surface area (Å²) in [5.74, 6) is 1.72. The lowest BCUT2D eigenvalue weighted by molar-refractivity contribution is 0.0507. The molecule has 3 fully saturated rings. The van der Waals surface area contributed by atoms with E-state index in [1.165, 1.54) is 37.7 Å². The van der Waals surface area contributed by atoms with Crippen LogP contribution in [0.25, 0.3) is 0 Å². The van der Waals surface area contributed by atoms with E-state index in [0.717, 1.165) is 31.1 Å². The van der Waals surface area contributed by atoms with E-state index >= 15 is 0 Å². The molecule has 5 atom stereocenters. The Morgan fingerprint density at radius 3 is 2.73 bits per heavy atom. The predicted molar refractivity (Wildman–Crippen MR) is 90.4 cm³/mol. The van der Waals surface area contributed by atoms with Gasteiger partial charge in [-0.15, -0.1) is 0 Å². The van der Waals surface area contributed by atoms with Crippen LogP contribution in [0.3, 0.4) is 0 Å². The molecule has 3 saturated carbocycles. The summed E-state index contributed by atoms with van der Waals surface area (Å²) in [6.45, 7) is 5.06. The highest BCUT2D eigenvalue weighted by Gasteiger charge is 2.46. The quantitative estimate of drug-likeness (QED) is 0.801. The zero-order chi connectivity index (χ0) is 15.7. The van der Waals surface area contributed by atoms with Crippen molar-refractivity contribution in [2.75, 3.05) is 6.61 Å². The molecule has 0 aliphatic heterocycles. The van der Waals surface area contributed by atoms with Gasteiger partial charge in [0.15, 0.2) is 0 Å². The van der Waals surface area contributed by atoms with Crippen molar-refractivity contribution in [3.05, 3.63) is 23.3 Å². The van der Waals surface area contributed by atoms with E-state index in [0.29, 0.717) is 5.41 Å². The summed E-state index contributed by atoms with van der Waals surface area (Å²) in [6.07, 6.45) is 13.8. The molecule has 0 aromatic heterocycles. The Balaban J connectivity index is 1.71. The van der Waals surface area contributed by atoms with Gasteiger partial charge in [-0.1, -0.05) is 37.1 Å². The molecule has 3 aliphatic rings. The first-order valence-electron chi connectivity index (χ1n) is 9.22. The average molecular weight is 304 g/mol. The first kappa shape index (κ1) is 16.3. The van der Waals surface area contributed by atoms with Crippen molar-refractivity contribution < 1.29 is 10.2 Å². The highest BCUT2D eigenvalue weighted by molar-refractivity contribution is 5.25. The van der Waals surface area contributed by atoms with Crippen LogP contribution in [0.15, 0.2) is 23.3 Å². The first-order chi connectivity index (χ1) is 10.5. The van der Waals surface area contributed by atoms with Gasteiger partial charge in [-0.2, -0.15) is 0 Å². The van der Waals surface area contributed by atoms with Crippen molar-refractivity contribution in [2.45, 2.75) is 71.3 Å². The van der Waals surface area contributed by atoms with Gasteiger partial charge in [0.25, 0.3) is 0 Å². The van der Waals surface area contributed by atoms with Crippen molar-refractivity contribution in [2.24, 2.45) is 23.2 Å². The minimum Gasteiger partial charge on any atom is -0.396 e. The highest BCUT2D eigenvalue weighted by atomic mass is 16.3. The molecule has 4 unspecified atom stereocenters. The van der Waals surface area contributed by atoms with Crippen LogP contribution >= 0.6 is 0 Å². The highest BCUT2D eigenvalue weighted by Crippen LogP contribution is 2.57. The number of fused-ring (bicyclic) bond motifs is 1. The topological polar surface area (TPSA) is 40.5 Å². The summed E-state index contributed by atoms with van der Waals surface area (Å²) in [5, 5.41) is 19.3. The molecule has 124 valence electrons. The largest absolute Gasteiger partial charge is 0.396 e. The molecule has 0 saturated heterocycles. The average Bonchev–Trinajstić information content (AvgIpc) is 2.81. The summed E-state index contributed by atoms with van der Waals surface area (Å²) in [5.41, 5.74) is 3.55. The normalized spacial score (nSPS) is 46.2. The fourth-order valence-electron chi connectivity index (χ4n) is 5.19. The molecule has 3 rings (SSSR count). The summed E-state index contributed by atoms with van der Waals surface area (Å²) < 4.78 is 0. The molecule has 0 bridgehead atoms. The smallest absolute Gasteiger partial charge is 0.0627 e. The van der Waals surface area contributed by atoms with E-state index in [4.69, 9.17) is 0 Å². The second-order valence-corrected chi connectivity index (χ2v) is 8.21. The van der Waals surface area contributed by atoms with Crippen LogP contribution < -0.4 is 0 Å². The molecule has 2 heteroatoms. The summed E-state index contributed by atoms with van der Waals surface area (Å²) >= 11 is 0. The van der Waals surface area contributed by atoms with Gasteiger partial charge in [-0.3, -0.25) is 0 Å². The molecule has 3 aliphatic carbocycles. The van der Waals surface area contributed by atoms with Crippen molar-refractivity contribution >= 4 is 0 Å². The third kappa shape index (κ3) is 2.92. The Bertz CT molecular complexity index is 464. The second kappa shape index (κ2) is 6.49. The number of aliphatic hydroxyl groups is 2. The first-order valence-corrected chi connectivity index (χ1v) is 9.22. The molecule has 2 nitrogen and oxygen atoms in total. The molecule has 0 aromatic rings. The van der Waals surface area contributed by atoms with Crippen LogP contribution in [0.5, 0.6) is 0 Å². The lowest BCUT2D eigenvalue weighted by Gasteiger charge is -2.41. The van der Waals surface area contributed by atoms with Crippen LogP contribution in [-0.2, 0) is 0 Å². The maximum absolute atomic E-state index is 10.1. The Morgan fingerprint density at radius 2 is 2.00 bits per heavy atom. The van der Waals surface area contributed by atoms with Crippen LogP contribution in [0.2, 0.25) is 0 Å². The molecule has 0 heterocycles. The molecule has 0 aromatic carbocycles. The molecule has 0 radical (unpaired) electrons. The number of hydrogen-bond donors (Lipinski definition) is 2. The summed E-state index contributed by atoms with van der Waals surface area (Å²) in [6, 6.07) is 0. The van der Waals surface area contributed by atoms with Gasteiger partial charge in [0.1, 0.15) is 0 Å². The Kier molecular flexibility index (Phi) is 4.80. The third-order valence-electron chi connectivity index (χ3n) is 7.06. The number of hydrogen-bond acceptors (Lipinski definition) is 2. The molecule has 22 heavy (non-hydrogen) atoms. The molecular formula is C20H32O2. The Hall–Kier alpha value is -0.600. The number of aliphatic hydroxyl groups excluding tert-OH is 2. The number of rotatable bonds is 2. The van der Waals surface area contributed by atoms with Gasteiger partial charge >= 0.3 is 0 Å². The van der Waals surface area contributed by atoms with E-state index in [1.54, 1.807) is 5.57 Å². The van der Waals surface area contributed by atoms with Gasteiger partial charge in [-0.25, -0.2) is 0 Å². The van der Waals surface area contributed by atoms with Crippen LogP contribution in [0.1, 0.15) is 65.2 Å². The van der Waals surface area contributed by atoms with E-state index in [-0.39, 0.29) is 18.6 Å². The molecule has 2 N–H and O–H groups in total. The Labute approximate surface area is 135 Å². The zero-order valence-electron chi connectivity index (χ0n) is 14.2. The van der Waals surface area contributed by atoms with Crippen LogP contribution in [0.4, 0.5) is 0 Å². The van der Waals surface area contributed by atoms with Crippen LogP contribution in [0, 0.1) is 23.2 Å². The third-order valence-corrected chi connectivity index (χ3v) is 7.06. The van der Waals surface area contributed by atoms with Gasteiger partial charge in [0.05, 0.1) is 6.10 Å². The Morgan fingerprint density at radius 1 is 1.18 bits per heavy atom. The van der Waals surface area contributed by atoms with Gasteiger partial charge in [-0.05, 0) is 68.6 Å². The fraction of sp³-hybridized carbons (Fsp3) is 0.800. The van der Waals surface area contributed by atoms with E-state index < -0.39 is 0 Å². The van der Waals surface area contributed by atoms with Crippen molar-refractivity contribution in [1.82, 2.24) is 0 Å². The van der Waals surface area contributed by atoms with Crippen molar-refractivity contribution in [3.8, 4) is 0 Å². The second-order valence-electron chi connectivity index (χ2n) is 8.21. The SMILES string of the molecule is CC1CCC2/C(=C/C=C3/CCC(CO)[C@H](O)C3)CCCC12C. The number of allylic oxidation sites excluding steroid dienone is 3. The predicted octanol–water partition coefficient (Wildman–Crippen LogP) is 4.23. The molecule has 0 amide bonds. The monoisotopic (exact) mass is 304 g/mol.